The Labute approximate surface area is 190 Å². The van der Waals surface area contributed by atoms with Gasteiger partial charge in [0.15, 0.2) is 0 Å². The summed E-state index contributed by atoms with van der Waals surface area (Å²) >= 11 is 0. The van der Waals surface area contributed by atoms with Crippen molar-refractivity contribution < 1.29 is 4.79 Å². The first kappa shape index (κ1) is 20.8. The Morgan fingerprint density at radius 3 is 2.34 bits per heavy atom. The molecule has 2 N–H and O–H groups in total. The van der Waals surface area contributed by atoms with Crippen LogP contribution in [0.25, 0.3) is 0 Å². The number of carbonyl (C=O) groups excluding carboxylic acids is 1. The molecule has 2 heterocycles. The van der Waals surface area contributed by atoms with E-state index in [4.69, 9.17) is 0 Å². The van der Waals surface area contributed by atoms with E-state index < -0.39 is 0 Å². The molecule has 2 atom stereocenters. The second kappa shape index (κ2) is 9.17. The van der Waals surface area contributed by atoms with Crippen LogP contribution in [0.4, 0.5) is 11.4 Å². The van der Waals surface area contributed by atoms with Crippen molar-refractivity contribution in [1.82, 2.24) is 5.32 Å². The predicted octanol–water partition coefficient (Wildman–Crippen LogP) is 5.75. The number of rotatable bonds is 4. The van der Waals surface area contributed by atoms with Crippen LogP contribution < -0.4 is 15.5 Å². The van der Waals surface area contributed by atoms with Crippen LogP contribution >= 0.6 is 0 Å². The van der Waals surface area contributed by atoms with E-state index in [2.05, 4.69) is 60.0 Å². The number of hydrogen-bond donors (Lipinski definition) is 2. The summed E-state index contributed by atoms with van der Waals surface area (Å²) in [5.74, 6) is 0.680. The van der Waals surface area contributed by atoms with E-state index in [1.165, 1.54) is 24.0 Å². The third-order valence-corrected chi connectivity index (χ3v) is 6.89. The minimum Gasteiger partial charge on any atom is -0.378 e. The normalized spacial score (nSPS) is 21.1. The van der Waals surface area contributed by atoms with Crippen LogP contribution in [0.1, 0.15) is 59.6 Å². The van der Waals surface area contributed by atoms with Crippen molar-refractivity contribution in [2.45, 2.75) is 44.2 Å². The van der Waals surface area contributed by atoms with Crippen molar-refractivity contribution in [3.63, 3.8) is 0 Å². The van der Waals surface area contributed by atoms with Gasteiger partial charge in [0.25, 0.3) is 5.91 Å². The smallest absolute Gasteiger partial charge is 0.258 e. The number of piperidine rings is 1. The quantitative estimate of drug-likeness (QED) is 0.560. The molecular weight excluding hydrogens is 394 g/mol. The highest BCUT2D eigenvalue weighted by Gasteiger charge is 2.34. The molecule has 0 aromatic heterocycles. The highest BCUT2D eigenvalue weighted by molar-refractivity contribution is 6.07. The number of para-hydroxylation sites is 2. The van der Waals surface area contributed by atoms with E-state index in [9.17, 15) is 4.79 Å². The highest BCUT2D eigenvalue weighted by Crippen LogP contribution is 2.39. The van der Waals surface area contributed by atoms with Crippen molar-refractivity contribution in [2.24, 2.45) is 0 Å². The maximum Gasteiger partial charge on any atom is 0.258 e. The van der Waals surface area contributed by atoms with Crippen molar-refractivity contribution in [2.75, 3.05) is 23.3 Å². The zero-order chi connectivity index (χ0) is 21.9. The fourth-order valence-corrected chi connectivity index (χ4v) is 5.19. The minimum absolute atomic E-state index is 0.0833. The van der Waals surface area contributed by atoms with Gasteiger partial charge in [0.2, 0.25) is 0 Å². The molecule has 5 rings (SSSR count). The van der Waals surface area contributed by atoms with Crippen molar-refractivity contribution in [3.8, 4) is 0 Å². The van der Waals surface area contributed by atoms with Gasteiger partial charge in [0.05, 0.1) is 6.04 Å². The molecular formula is C28H31N3O. The lowest BCUT2D eigenvalue weighted by Crippen LogP contribution is -2.44. The van der Waals surface area contributed by atoms with Gasteiger partial charge in [-0.05, 0) is 86.7 Å². The maximum atomic E-state index is 13.6. The topological polar surface area (TPSA) is 44.4 Å². The lowest BCUT2D eigenvalue weighted by atomic mass is 9.89. The molecule has 0 spiro atoms. The first-order valence-electron chi connectivity index (χ1n) is 11.8. The second-order valence-electron chi connectivity index (χ2n) is 9.03. The summed E-state index contributed by atoms with van der Waals surface area (Å²) in [6.07, 6.45) is 3.20. The zero-order valence-electron chi connectivity index (χ0n) is 18.6. The fraction of sp³-hybridized carbons (Fsp3) is 0.321. The van der Waals surface area contributed by atoms with Gasteiger partial charge >= 0.3 is 0 Å². The molecule has 4 heteroatoms. The second-order valence-corrected chi connectivity index (χ2v) is 9.03. The van der Waals surface area contributed by atoms with Crippen LogP contribution in [0.5, 0.6) is 0 Å². The average molecular weight is 426 g/mol. The molecule has 1 fully saturated rings. The molecule has 0 saturated carbocycles. The fourth-order valence-electron chi connectivity index (χ4n) is 5.19. The molecule has 2 aliphatic rings. The van der Waals surface area contributed by atoms with E-state index in [-0.39, 0.29) is 18.0 Å². The predicted molar refractivity (Wildman–Crippen MR) is 131 cm³/mol. The molecule has 0 bridgehead atoms. The van der Waals surface area contributed by atoms with Crippen molar-refractivity contribution in [1.29, 1.82) is 0 Å². The number of hydrogen-bond acceptors (Lipinski definition) is 3. The first-order chi connectivity index (χ1) is 15.7. The lowest BCUT2D eigenvalue weighted by molar-refractivity contribution is 0.0974. The number of nitrogens with zero attached hydrogens (tertiary/aromatic N) is 1. The Morgan fingerprint density at radius 1 is 0.906 bits per heavy atom. The zero-order valence-corrected chi connectivity index (χ0v) is 18.6. The average Bonchev–Trinajstić information content (AvgIpc) is 2.85. The van der Waals surface area contributed by atoms with Gasteiger partial charge in [-0.15, -0.1) is 0 Å². The molecule has 3 aromatic rings. The van der Waals surface area contributed by atoms with Gasteiger partial charge in [-0.1, -0.05) is 48.5 Å². The van der Waals surface area contributed by atoms with Crippen LogP contribution in [-0.2, 0) is 0 Å². The van der Waals surface area contributed by atoms with Gasteiger partial charge in [0, 0.05) is 23.0 Å². The Kier molecular flexibility index (Phi) is 5.95. The van der Waals surface area contributed by atoms with Gasteiger partial charge in [0.1, 0.15) is 0 Å². The van der Waals surface area contributed by atoms with Crippen LogP contribution in [0.15, 0.2) is 78.9 Å². The van der Waals surface area contributed by atoms with Gasteiger partial charge < -0.3 is 15.5 Å². The summed E-state index contributed by atoms with van der Waals surface area (Å²) in [6, 6.07) is 27.2. The largest absolute Gasteiger partial charge is 0.378 e. The third kappa shape index (κ3) is 4.15. The Morgan fingerprint density at radius 2 is 1.59 bits per heavy atom. The van der Waals surface area contributed by atoms with E-state index >= 15 is 0 Å². The molecule has 1 saturated heterocycles. The van der Waals surface area contributed by atoms with Gasteiger partial charge in [-0.25, -0.2) is 0 Å². The molecule has 164 valence electrons. The SMILES string of the molecule is C[C@H]1C[C@@H](Nc2ccccc2)c2ccccc2N1C(=O)c1ccc(C2CCNCC2)cc1. The molecule has 0 aliphatic carbocycles. The molecule has 2 aliphatic heterocycles. The Balaban J connectivity index is 1.40. The number of fused-ring (bicyclic) bond motifs is 1. The standard InChI is InChI=1S/C28H31N3O/c1-20-19-26(30-24-7-3-2-4-8-24)25-9-5-6-10-27(25)31(20)28(32)23-13-11-21(12-14-23)22-15-17-29-18-16-22/h2-14,20,22,26,29-30H,15-19H2,1H3/t20-,26+/m0/s1. The summed E-state index contributed by atoms with van der Waals surface area (Å²) in [6.45, 7) is 4.30. The maximum absolute atomic E-state index is 13.6. The number of carbonyl (C=O) groups is 1. The summed E-state index contributed by atoms with van der Waals surface area (Å²) in [5, 5.41) is 7.09. The van der Waals surface area contributed by atoms with Crippen LogP contribution in [-0.4, -0.2) is 25.0 Å². The molecule has 32 heavy (non-hydrogen) atoms. The summed E-state index contributed by atoms with van der Waals surface area (Å²) in [5.41, 5.74) is 5.40. The summed E-state index contributed by atoms with van der Waals surface area (Å²) in [4.78, 5) is 15.6. The first-order valence-corrected chi connectivity index (χ1v) is 11.8. The van der Waals surface area contributed by atoms with Crippen LogP contribution in [0, 0.1) is 0 Å². The summed E-state index contributed by atoms with van der Waals surface area (Å²) < 4.78 is 0. The van der Waals surface area contributed by atoms with E-state index in [1.807, 2.05) is 41.3 Å². The van der Waals surface area contributed by atoms with Crippen molar-refractivity contribution >= 4 is 17.3 Å². The highest BCUT2D eigenvalue weighted by atomic mass is 16.2. The van der Waals surface area contributed by atoms with E-state index in [0.29, 0.717) is 5.92 Å². The summed E-state index contributed by atoms with van der Waals surface area (Å²) in [7, 11) is 0. The molecule has 3 aromatic carbocycles. The third-order valence-electron chi connectivity index (χ3n) is 6.89. The number of anilines is 2. The van der Waals surface area contributed by atoms with Crippen LogP contribution in [0.3, 0.4) is 0 Å². The number of benzene rings is 3. The molecule has 1 amide bonds. The van der Waals surface area contributed by atoms with Gasteiger partial charge in [-0.2, -0.15) is 0 Å². The lowest BCUT2D eigenvalue weighted by Gasteiger charge is -2.40. The van der Waals surface area contributed by atoms with Crippen molar-refractivity contribution in [3.05, 3.63) is 95.6 Å². The monoisotopic (exact) mass is 425 g/mol. The molecule has 0 unspecified atom stereocenters. The number of nitrogens with one attached hydrogen (secondary N) is 2. The number of amides is 1. The Bertz CT molecular complexity index is 1060. The van der Waals surface area contributed by atoms with E-state index in [1.54, 1.807) is 0 Å². The van der Waals surface area contributed by atoms with E-state index in [0.717, 1.165) is 36.4 Å². The van der Waals surface area contributed by atoms with Gasteiger partial charge in [-0.3, -0.25) is 4.79 Å². The minimum atomic E-state index is 0.0833. The Hall–Kier alpha value is -3.11. The molecule has 4 nitrogen and oxygen atoms in total. The van der Waals surface area contributed by atoms with Crippen LogP contribution in [0.2, 0.25) is 0 Å². The molecule has 0 radical (unpaired) electrons.